The molecule has 1 amide bonds. The molecule has 2 aromatic rings. The topological polar surface area (TPSA) is 66.5 Å². The summed E-state index contributed by atoms with van der Waals surface area (Å²) in [5.41, 5.74) is 1.76. The number of aryl methyl sites for hydroxylation is 1. The molecule has 0 atom stereocenters. The number of para-hydroxylation sites is 1. The van der Waals surface area contributed by atoms with E-state index in [4.69, 9.17) is 0 Å². The van der Waals surface area contributed by atoms with Gasteiger partial charge in [-0.3, -0.25) is 4.79 Å². The average molecular weight is 332 g/mol. The Morgan fingerprint density at radius 1 is 1.04 bits per heavy atom. The van der Waals surface area contributed by atoms with Crippen LogP contribution in [0.25, 0.3) is 0 Å². The van der Waals surface area contributed by atoms with Crippen molar-refractivity contribution in [3.63, 3.8) is 0 Å². The van der Waals surface area contributed by atoms with Gasteiger partial charge in [0.05, 0.1) is 4.90 Å². The zero-order valence-corrected chi connectivity index (χ0v) is 14.0. The van der Waals surface area contributed by atoms with Crippen molar-refractivity contribution in [3.05, 3.63) is 60.2 Å². The molecule has 0 aliphatic rings. The molecule has 0 aliphatic heterocycles. The van der Waals surface area contributed by atoms with E-state index in [1.807, 2.05) is 31.2 Å². The van der Waals surface area contributed by atoms with Gasteiger partial charge >= 0.3 is 0 Å². The maximum Gasteiger partial charge on any atom is 0.240 e. The van der Waals surface area contributed by atoms with Gasteiger partial charge in [0, 0.05) is 25.7 Å². The molecule has 2 aromatic carbocycles. The lowest BCUT2D eigenvalue weighted by Gasteiger charge is -2.23. The second kappa shape index (κ2) is 7.39. The average Bonchev–Trinajstić information content (AvgIpc) is 2.53. The number of benzene rings is 2. The molecule has 0 aliphatic carbocycles. The number of hydrogen-bond acceptors (Lipinski definition) is 3. The summed E-state index contributed by atoms with van der Waals surface area (Å²) in [6, 6.07) is 15.7. The smallest absolute Gasteiger partial charge is 0.240 e. The highest BCUT2D eigenvalue weighted by Crippen LogP contribution is 2.19. The minimum absolute atomic E-state index is 0.127. The standard InChI is InChI=1S/C17H20N2O3S/c1-14-8-6-7-11-17(14)19(15(2)20)13-12-18-23(21,22)16-9-4-3-5-10-16/h3-11,18H,12-13H2,1-2H3. The highest BCUT2D eigenvalue weighted by molar-refractivity contribution is 7.89. The van der Waals surface area contributed by atoms with E-state index in [1.165, 1.54) is 19.1 Å². The molecular weight excluding hydrogens is 312 g/mol. The predicted molar refractivity (Wildman–Crippen MR) is 90.8 cm³/mol. The van der Waals surface area contributed by atoms with Crippen LogP contribution in [0, 0.1) is 6.92 Å². The molecule has 2 rings (SSSR count). The van der Waals surface area contributed by atoms with Gasteiger partial charge < -0.3 is 4.90 Å². The summed E-state index contributed by atoms with van der Waals surface area (Å²) < 4.78 is 26.9. The Bertz CT molecular complexity index is 773. The van der Waals surface area contributed by atoms with Gasteiger partial charge in [0.1, 0.15) is 0 Å². The van der Waals surface area contributed by atoms with Crippen LogP contribution < -0.4 is 9.62 Å². The van der Waals surface area contributed by atoms with Crippen LogP contribution in [-0.2, 0) is 14.8 Å². The molecule has 0 saturated carbocycles. The van der Waals surface area contributed by atoms with E-state index >= 15 is 0 Å². The number of rotatable bonds is 6. The molecule has 0 bridgehead atoms. The van der Waals surface area contributed by atoms with Crippen LogP contribution in [0.3, 0.4) is 0 Å². The predicted octanol–water partition coefficient (Wildman–Crippen LogP) is 2.33. The van der Waals surface area contributed by atoms with Crippen LogP contribution in [0.15, 0.2) is 59.5 Å². The maximum atomic E-state index is 12.2. The molecule has 0 radical (unpaired) electrons. The summed E-state index contributed by atoms with van der Waals surface area (Å²) in [6.07, 6.45) is 0. The molecule has 122 valence electrons. The quantitative estimate of drug-likeness (QED) is 0.883. The largest absolute Gasteiger partial charge is 0.311 e. The third-order valence-electron chi connectivity index (χ3n) is 3.47. The lowest BCUT2D eigenvalue weighted by atomic mass is 10.2. The summed E-state index contributed by atoms with van der Waals surface area (Å²) in [7, 11) is -3.56. The Morgan fingerprint density at radius 2 is 1.65 bits per heavy atom. The van der Waals surface area contributed by atoms with Crippen LogP contribution >= 0.6 is 0 Å². The third kappa shape index (κ3) is 4.40. The lowest BCUT2D eigenvalue weighted by molar-refractivity contribution is -0.116. The fourth-order valence-electron chi connectivity index (χ4n) is 2.29. The first-order valence-corrected chi connectivity index (χ1v) is 8.78. The Morgan fingerprint density at radius 3 is 2.26 bits per heavy atom. The molecule has 0 aromatic heterocycles. The monoisotopic (exact) mass is 332 g/mol. The van der Waals surface area contributed by atoms with Crippen LogP contribution in [0.5, 0.6) is 0 Å². The molecule has 1 N–H and O–H groups in total. The van der Waals surface area contributed by atoms with Gasteiger partial charge in [-0.1, -0.05) is 36.4 Å². The zero-order valence-electron chi connectivity index (χ0n) is 13.2. The van der Waals surface area contributed by atoms with E-state index in [2.05, 4.69) is 4.72 Å². The Labute approximate surface area is 137 Å². The van der Waals surface area contributed by atoms with Crippen molar-refractivity contribution in [1.82, 2.24) is 4.72 Å². The number of amides is 1. The first kappa shape index (κ1) is 17.2. The molecule has 0 unspecified atom stereocenters. The van der Waals surface area contributed by atoms with Gasteiger partial charge in [-0.2, -0.15) is 0 Å². The van der Waals surface area contributed by atoms with Crippen molar-refractivity contribution in [2.45, 2.75) is 18.7 Å². The van der Waals surface area contributed by atoms with E-state index in [0.717, 1.165) is 11.3 Å². The van der Waals surface area contributed by atoms with Gasteiger partial charge in [-0.15, -0.1) is 0 Å². The summed E-state index contributed by atoms with van der Waals surface area (Å²) in [5.74, 6) is -0.127. The molecular formula is C17H20N2O3S. The summed E-state index contributed by atoms with van der Waals surface area (Å²) in [4.78, 5) is 13.7. The van der Waals surface area contributed by atoms with Gasteiger partial charge in [0.15, 0.2) is 0 Å². The van der Waals surface area contributed by atoms with Crippen LogP contribution in [0.1, 0.15) is 12.5 Å². The Kier molecular flexibility index (Phi) is 5.52. The maximum absolute atomic E-state index is 12.2. The number of nitrogens with zero attached hydrogens (tertiary/aromatic N) is 1. The summed E-state index contributed by atoms with van der Waals surface area (Å²) in [5, 5.41) is 0. The molecule has 0 spiro atoms. The van der Waals surface area contributed by atoms with Crippen molar-refractivity contribution in [1.29, 1.82) is 0 Å². The van der Waals surface area contributed by atoms with Gasteiger partial charge in [0.2, 0.25) is 15.9 Å². The minimum atomic E-state index is -3.56. The van der Waals surface area contributed by atoms with E-state index in [0.29, 0.717) is 0 Å². The second-order valence-electron chi connectivity index (χ2n) is 5.17. The molecule has 23 heavy (non-hydrogen) atoms. The van der Waals surface area contributed by atoms with E-state index in [-0.39, 0.29) is 23.9 Å². The molecule has 0 heterocycles. The van der Waals surface area contributed by atoms with E-state index in [9.17, 15) is 13.2 Å². The second-order valence-corrected chi connectivity index (χ2v) is 6.93. The first-order valence-electron chi connectivity index (χ1n) is 7.30. The normalized spacial score (nSPS) is 11.2. The van der Waals surface area contributed by atoms with Crippen LogP contribution in [0.4, 0.5) is 5.69 Å². The Hall–Kier alpha value is -2.18. The van der Waals surface area contributed by atoms with Gasteiger partial charge in [-0.05, 0) is 30.7 Å². The van der Waals surface area contributed by atoms with Gasteiger partial charge in [0.25, 0.3) is 0 Å². The van der Waals surface area contributed by atoms with Gasteiger partial charge in [-0.25, -0.2) is 13.1 Å². The highest BCUT2D eigenvalue weighted by Gasteiger charge is 2.16. The van der Waals surface area contributed by atoms with Crippen molar-refractivity contribution < 1.29 is 13.2 Å². The van der Waals surface area contributed by atoms with Crippen molar-refractivity contribution in [2.24, 2.45) is 0 Å². The van der Waals surface area contributed by atoms with Crippen LogP contribution in [0.2, 0.25) is 0 Å². The molecule has 0 fully saturated rings. The summed E-state index contributed by atoms with van der Waals surface area (Å²) in [6.45, 7) is 3.80. The van der Waals surface area contributed by atoms with Crippen LogP contribution in [-0.4, -0.2) is 27.4 Å². The van der Waals surface area contributed by atoms with Crippen molar-refractivity contribution in [3.8, 4) is 0 Å². The number of hydrogen-bond donors (Lipinski definition) is 1. The highest BCUT2D eigenvalue weighted by atomic mass is 32.2. The Balaban J connectivity index is 2.06. The number of sulfonamides is 1. The number of carbonyl (C=O) groups is 1. The lowest BCUT2D eigenvalue weighted by Crippen LogP contribution is -2.37. The minimum Gasteiger partial charge on any atom is -0.311 e. The van der Waals surface area contributed by atoms with Crippen molar-refractivity contribution in [2.75, 3.05) is 18.0 Å². The molecule has 5 nitrogen and oxygen atoms in total. The van der Waals surface area contributed by atoms with E-state index in [1.54, 1.807) is 23.1 Å². The fraction of sp³-hybridized carbons (Fsp3) is 0.235. The molecule has 0 saturated heterocycles. The number of nitrogens with one attached hydrogen (secondary N) is 1. The van der Waals surface area contributed by atoms with E-state index < -0.39 is 10.0 Å². The molecule has 6 heteroatoms. The SMILES string of the molecule is CC(=O)N(CCNS(=O)(=O)c1ccccc1)c1ccccc1C. The first-order chi connectivity index (χ1) is 10.9. The third-order valence-corrected chi connectivity index (χ3v) is 4.94. The number of anilines is 1. The number of carbonyl (C=O) groups excluding carboxylic acids is 1. The van der Waals surface area contributed by atoms with Crippen molar-refractivity contribution >= 4 is 21.6 Å². The summed E-state index contributed by atoms with van der Waals surface area (Å²) >= 11 is 0. The fourth-order valence-corrected chi connectivity index (χ4v) is 3.33. The zero-order chi connectivity index (χ0) is 16.9.